The number of piperidine rings is 1. The fourth-order valence-electron chi connectivity index (χ4n) is 4.88. The molecule has 3 N–H and O–H groups in total. The molecule has 0 aliphatic carbocycles. The van der Waals surface area contributed by atoms with Crippen LogP contribution in [0.1, 0.15) is 37.8 Å². The van der Waals surface area contributed by atoms with Gasteiger partial charge in [0.05, 0.1) is 12.4 Å². The maximum absolute atomic E-state index is 8.94. The number of H-pyrrole nitrogens is 1. The van der Waals surface area contributed by atoms with Gasteiger partial charge >= 0.3 is 0 Å². The summed E-state index contributed by atoms with van der Waals surface area (Å²) in [6.07, 6.45) is 6.87. The number of fused-ring (bicyclic) bond motifs is 3. The van der Waals surface area contributed by atoms with Crippen molar-refractivity contribution in [3.05, 3.63) is 18.1 Å². The number of anilines is 3. The Balaban J connectivity index is 1.37. The molecular weight excluding hydrogens is 380 g/mol. The van der Waals surface area contributed by atoms with Crippen LogP contribution in [0.5, 0.6) is 0 Å². The molecule has 10 heteroatoms. The van der Waals surface area contributed by atoms with Crippen molar-refractivity contribution in [3.8, 4) is 6.07 Å². The third kappa shape index (κ3) is 3.45. The van der Waals surface area contributed by atoms with E-state index in [2.05, 4.69) is 36.8 Å². The molecule has 2 bridgehead atoms. The Morgan fingerprint density at radius 3 is 2.77 bits per heavy atom. The number of aryl methyl sites for hydroxylation is 2. The highest BCUT2D eigenvalue weighted by atomic mass is 15.3. The van der Waals surface area contributed by atoms with Crippen LogP contribution in [0.3, 0.4) is 0 Å². The summed E-state index contributed by atoms with van der Waals surface area (Å²) < 4.78 is 1.90. The summed E-state index contributed by atoms with van der Waals surface area (Å²) in [5.41, 5.74) is 2.47. The van der Waals surface area contributed by atoms with Gasteiger partial charge in [-0.25, -0.2) is 4.98 Å². The van der Waals surface area contributed by atoms with Gasteiger partial charge in [0.1, 0.15) is 0 Å². The molecule has 3 aromatic heterocycles. The molecule has 0 amide bonds. The maximum atomic E-state index is 8.94. The van der Waals surface area contributed by atoms with Gasteiger partial charge in [-0.15, -0.1) is 0 Å². The topological polar surface area (TPSA) is 123 Å². The number of hydrogen-bond donors (Lipinski definition) is 3. The molecule has 2 atom stereocenters. The predicted octanol–water partition coefficient (Wildman–Crippen LogP) is 2.46. The molecule has 0 saturated carbocycles. The van der Waals surface area contributed by atoms with Crippen LogP contribution in [0, 0.1) is 18.3 Å². The lowest BCUT2D eigenvalue weighted by Gasteiger charge is -2.38. The number of imidazole rings is 1. The molecule has 2 unspecified atom stereocenters. The average molecular weight is 406 g/mol. The lowest BCUT2D eigenvalue weighted by Crippen LogP contribution is -2.47. The number of nitrogens with one attached hydrogen (secondary N) is 3. The Hall–Kier alpha value is -3.19. The van der Waals surface area contributed by atoms with Crippen molar-refractivity contribution >= 4 is 28.7 Å². The minimum absolute atomic E-state index is 0.326. The molecule has 2 aliphatic rings. The first-order valence-corrected chi connectivity index (χ1v) is 10.5. The van der Waals surface area contributed by atoms with E-state index in [-0.39, 0.29) is 0 Å². The zero-order chi connectivity index (χ0) is 20.7. The van der Waals surface area contributed by atoms with E-state index in [0.717, 1.165) is 36.2 Å². The zero-order valence-electron chi connectivity index (χ0n) is 17.3. The molecule has 5 heterocycles. The monoisotopic (exact) mass is 406 g/mol. The van der Waals surface area contributed by atoms with Crippen molar-refractivity contribution in [3.63, 3.8) is 0 Å². The minimum atomic E-state index is 0.326. The second-order valence-electron chi connectivity index (χ2n) is 8.33. The van der Waals surface area contributed by atoms with Crippen molar-refractivity contribution in [2.24, 2.45) is 7.05 Å². The van der Waals surface area contributed by atoms with E-state index < -0.39 is 0 Å². The molecule has 2 aliphatic heterocycles. The fraction of sp³-hybridized carbons (Fsp3) is 0.550. The highest BCUT2D eigenvalue weighted by Gasteiger charge is 2.40. The van der Waals surface area contributed by atoms with Crippen LogP contribution < -0.4 is 10.6 Å². The summed E-state index contributed by atoms with van der Waals surface area (Å²) in [5.74, 6) is 1.95. The number of aromatic amines is 1. The molecule has 0 aromatic carbocycles. The van der Waals surface area contributed by atoms with E-state index in [1.807, 2.05) is 24.6 Å². The van der Waals surface area contributed by atoms with E-state index >= 15 is 0 Å². The van der Waals surface area contributed by atoms with Gasteiger partial charge in [0, 0.05) is 49.9 Å². The largest absolute Gasteiger partial charge is 0.351 e. The number of rotatable bonds is 6. The Kier molecular flexibility index (Phi) is 4.75. The SMILES string of the molecule is Cc1cc(Nc2nc(NC3CC4CCC(C3)N4CCC#N)nc3c2ncn3C)n[nH]1. The van der Waals surface area contributed by atoms with E-state index in [0.29, 0.717) is 42.1 Å². The van der Waals surface area contributed by atoms with E-state index in [1.165, 1.54) is 12.8 Å². The number of nitriles is 1. The van der Waals surface area contributed by atoms with Gasteiger partial charge in [-0.1, -0.05) is 0 Å². The summed E-state index contributed by atoms with van der Waals surface area (Å²) in [5, 5.41) is 23.0. The van der Waals surface area contributed by atoms with E-state index in [1.54, 1.807) is 6.33 Å². The zero-order valence-corrected chi connectivity index (χ0v) is 17.3. The predicted molar refractivity (Wildman–Crippen MR) is 113 cm³/mol. The van der Waals surface area contributed by atoms with Crippen LogP contribution in [0.25, 0.3) is 11.2 Å². The third-order valence-electron chi connectivity index (χ3n) is 6.21. The van der Waals surface area contributed by atoms with Crippen LogP contribution >= 0.6 is 0 Å². The van der Waals surface area contributed by atoms with Gasteiger partial charge in [-0.3, -0.25) is 10.00 Å². The quantitative estimate of drug-likeness (QED) is 0.570. The summed E-state index contributed by atoms with van der Waals surface area (Å²) in [6, 6.07) is 5.62. The lowest BCUT2D eigenvalue weighted by molar-refractivity contribution is 0.135. The highest BCUT2D eigenvalue weighted by molar-refractivity contribution is 5.86. The van der Waals surface area contributed by atoms with Gasteiger partial charge in [0.25, 0.3) is 0 Å². The Morgan fingerprint density at radius 1 is 1.27 bits per heavy atom. The fourth-order valence-corrected chi connectivity index (χ4v) is 4.88. The van der Waals surface area contributed by atoms with Gasteiger partial charge < -0.3 is 15.2 Å². The van der Waals surface area contributed by atoms with Crippen molar-refractivity contribution < 1.29 is 0 Å². The van der Waals surface area contributed by atoms with Gasteiger partial charge in [-0.2, -0.15) is 20.3 Å². The smallest absolute Gasteiger partial charge is 0.227 e. The van der Waals surface area contributed by atoms with Crippen LogP contribution in [-0.2, 0) is 7.05 Å². The second kappa shape index (κ2) is 7.57. The average Bonchev–Trinajstić information content (AvgIpc) is 3.37. The standard InChI is InChI=1S/C20H26N10/c1-12-8-16(28-27-12)24-18-17-19(29(2)11-22-17)26-20(25-18)23-13-9-14-4-5-15(10-13)30(14)7-3-6-21/h8,11,13-15H,3-5,7,9-10H2,1-2H3,(H3,23,24,25,26,27,28). The van der Waals surface area contributed by atoms with Gasteiger partial charge in [0.15, 0.2) is 22.8 Å². The maximum Gasteiger partial charge on any atom is 0.227 e. The minimum Gasteiger partial charge on any atom is -0.351 e. The third-order valence-corrected chi connectivity index (χ3v) is 6.21. The number of hydrogen-bond acceptors (Lipinski definition) is 8. The highest BCUT2D eigenvalue weighted by Crippen LogP contribution is 2.36. The Labute approximate surface area is 174 Å². The molecule has 156 valence electrons. The van der Waals surface area contributed by atoms with Gasteiger partial charge in [0.2, 0.25) is 5.95 Å². The van der Waals surface area contributed by atoms with Crippen molar-refractivity contribution in [1.82, 2.24) is 34.6 Å². The summed E-state index contributed by atoms with van der Waals surface area (Å²) in [6.45, 7) is 2.84. The number of nitrogens with zero attached hydrogens (tertiary/aromatic N) is 7. The summed E-state index contributed by atoms with van der Waals surface area (Å²) in [7, 11) is 1.93. The molecule has 10 nitrogen and oxygen atoms in total. The molecule has 3 aromatic rings. The molecule has 0 radical (unpaired) electrons. The Morgan fingerprint density at radius 2 is 2.07 bits per heavy atom. The summed E-state index contributed by atoms with van der Waals surface area (Å²) in [4.78, 5) is 16.4. The van der Waals surface area contributed by atoms with E-state index in [9.17, 15) is 0 Å². The van der Waals surface area contributed by atoms with Crippen LogP contribution in [0.15, 0.2) is 12.4 Å². The number of aromatic nitrogens is 6. The van der Waals surface area contributed by atoms with Crippen LogP contribution in [0.4, 0.5) is 17.6 Å². The van der Waals surface area contributed by atoms with Crippen molar-refractivity contribution in [2.45, 2.75) is 57.2 Å². The van der Waals surface area contributed by atoms with Crippen molar-refractivity contribution in [2.75, 3.05) is 17.2 Å². The van der Waals surface area contributed by atoms with Gasteiger partial charge in [-0.05, 0) is 32.6 Å². The normalized spacial score (nSPS) is 23.6. The first kappa shape index (κ1) is 18.8. The van der Waals surface area contributed by atoms with Crippen LogP contribution in [0.2, 0.25) is 0 Å². The van der Waals surface area contributed by atoms with E-state index in [4.69, 9.17) is 15.2 Å². The lowest BCUT2D eigenvalue weighted by atomic mass is 9.97. The molecule has 5 rings (SSSR count). The molecule has 30 heavy (non-hydrogen) atoms. The first-order chi connectivity index (χ1) is 14.6. The van der Waals surface area contributed by atoms with Crippen molar-refractivity contribution in [1.29, 1.82) is 5.26 Å². The molecule has 2 saturated heterocycles. The first-order valence-electron chi connectivity index (χ1n) is 10.5. The second-order valence-corrected chi connectivity index (χ2v) is 8.33. The van der Waals surface area contributed by atoms with Crippen LogP contribution in [-0.4, -0.2) is 59.3 Å². The molecular formula is C20H26N10. The molecule has 2 fully saturated rings. The Bertz CT molecular complexity index is 1080. The summed E-state index contributed by atoms with van der Waals surface area (Å²) >= 11 is 0. The molecule has 0 spiro atoms.